The predicted molar refractivity (Wildman–Crippen MR) is 93.6 cm³/mol. The highest BCUT2D eigenvalue weighted by molar-refractivity contribution is 8.18. The summed E-state index contributed by atoms with van der Waals surface area (Å²) in [5.41, 5.74) is 0.577. The van der Waals surface area contributed by atoms with Crippen LogP contribution in [0, 0.1) is 0 Å². The van der Waals surface area contributed by atoms with Gasteiger partial charge in [-0.3, -0.25) is 24.1 Å². The minimum Gasteiger partial charge on any atom is -0.490 e. The van der Waals surface area contributed by atoms with Crippen molar-refractivity contribution in [2.45, 2.75) is 13.8 Å². The second-order valence-corrected chi connectivity index (χ2v) is 6.07. The summed E-state index contributed by atoms with van der Waals surface area (Å²) < 4.78 is 15.0. The summed E-state index contributed by atoms with van der Waals surface area (Å²) in [7, 11) is 1.18. The molecule has 0 saturated carbocycles. The van der Waals surface area contributed by atoms with Gasteiger partial charge in [0.1, 0.15) is 6.54 Å². The number of methoxy groups -OCH3 is 1. The number of esters is 2. The quantitative estimate of drug-likeness (QED) is 0.421. The number of amides is 2. The number of ether oxygens (including phenoxy) is 3. The summed E-state index contributed by atoms with van der Waals surface area (Å²) in [6.07, 6.45) is 1.50. The fourth-order valence-corrected chi connectivity index (χ4v) is 2.94. The molecule has 0 aliphatic carbocycles. The van der Waals surface area contributed by atoms with E-state index in [9.17, 15) is 19.2 Å². The topological polar surface area (TPSA) is 99.2 Å². The van der Waals surface area contributed by atoms with Crippen LogP contribution in [0.1, 0.15) is 19.4 Å². The van der Waals surface area contributed by atoms with E-state index in [2.05, 4.69) is 4.74 Å². The van der Waals surface area contributed by atoms with Gasteiger partial charge in [-0.15, -0.1) is 0 Å². The molecule has 0 N–H and O–H groups in total. The SMILES string of the molecule is CCOc1cc(/C=C2/SC(=O)N(CC(=O)OC)C2=O)ccc1OC(C)=O. The van der Waals surface area contributed by atoms with E-state index in [1.54, 1.807) is 19.1 Å². The minimum absolute atomic E-state index is 0.168. The van der Waals surface area contributed by atoms with Crippen molar-refractivity contribution in [3.63, 3.8) is 0 Å². The van der Waals surface area contributed by atoms with E-state index >= 15 is 0 Å². The second-order valence-electron chi connectivity index (χ2n) is 5.08. The maximum atomic E-state index is 12.3. The van der Waals surface area contributed by atoms with Crippen molar-refractivity contribution in [1.82, 2.24) is 4.90 Å². The van der Waals surface area contributed by atoms with E-state index in [1.165, 1.54) is 26.2 Å². The van der Waals surface area contributed by atoms with Crippen LogP contribution < -0.4 is 9.47 Å². The Morgan fingerprint density at radius 1 is 1.23 bits per heavy atom. The summed E-state index contributed by atoms with van der Waals surface area (Å²) in [5, 5.41) is -0.548. The first kappa shape index (κ1) is 19.5. The first-order chi connectivity index (χ1) is 12.3. The normalized spacial score (nSPS) is 15.3. The van der Waals surface area contributed by atoms with Crippen molar-refractivity contribution in [2.24, 2.45) is 0 Å². The van der Waals surface area contributed by atoms with Crippen LogP contribution >= 0.6 is 11.8 Å². The lowest BCUT2D eigenvalue weighted by Crippen LogP contribution is -2.34. The standard InChI is InChI=1S/C17H17NO7S/c1-4-24-13-7-11(5-6-12(13)25-10(2)19)8-14-16(21)18(17(22)26-14)9-15(20)23-3/h5-8H,4,9H2,1-3H3/b14-8+. The molecule has 8 nitrogen and oxygen atoms in total. The van der Waals surface area contributed by atoms with Crippen LogP contribution in [0.4, 0.5) is 4.79 Å². The molecule has 1 saturated heterocycles. The molecule has 1 aromatic rings. The molecule has 26 heavy (non-hydrogen) atoms. The zero-order valence-electron chi connectivity index (χ0n) is 14.4. The molecule has 0 spiro atoms. The third kappa shape index (κ3) is 4.63. The Morgan fingerprint density at radius 2 is 1.96 bits per heavy atom. The molecule has 138 valence electrons. The lowest BCUT2D eigenvalue weighted by Gasteiger charge is -2.11. The molecule has 1 aliphatic heterocycles. The van der Waals surface area contributed by atoms with E-state index < -0.39 is 29.6 Å². The third-order valence-electron chi connectivity index (χ3n) is 3.21. The summed E-state index contributed by atoms with van der Waals surface area (Å²) in [6.45, 7) is 2.98. The minimum atomic E-state index is -0.682. The molecular formula is C17H17NO7S. The summed E-state index contributed by atoms with van der Waals surface area (Å²) in [6, 6.07) is 4.75. The summed E-state index contributed by atoms with van der Waals surface area (Å²) in [4.78, 5) is 47.7. The number of benzene rings is 1. The van der Waals surface area contributed by atoms with E-state index in [-0.39, 0.29) is 10.7 Å². The molecule has 1 aromatic carbocycles. The van der Waals surface area contributed by atoms with Crippen LogP contribution in [0.2, 0.25) is 0 Å². The molecule has 0 radical (unpaired) electrons. The van der Waals surface area contributed by atoms with Gasteiger partial charge in [-0.25, -0.2) is 0 Å². The zero-order valence-corrected chi connectivity index (χ0v) is 15.3. The fraction of sp³-hybridized carbons (Fsp3) is 0.294. The van der Waals surface area contributed by atoms with Crippen LogP contribution in [-0.2, 0) is 19.1 Å². The molecule has 0 aromatic heterocycles. The van der Waals surface area contributed by atoms with Crippen molar-refractivity contribution in [2.75, 3.05) is 20.3 Å². The Labute approximate surface area is 154 Å². The summed E-state index contributed by atoms with van der Waals surface area (Å²) >= 11 is 0.728. The van der Waals surface area contributed by atoms with Crippen molar-refractivity contribution in [1.29, 1.82) is 0 Å². The molecule has 2 amide bonds. The number of carbonyl (C=O) groups is 4. The van der Waals surface area contributed by atoms with Crippen LogP contribution in [0.25, 0.3) is 6.08 Å². The monoisotopic (exact) mass is 379 g/mol. The molecule has 9 heteroatoms. The van der Waals surface area contributed by atoms with Gasteiger partial charge in [0.05, 0.1) is 18.6 Å². The average molecular weight is 379 g/mol. The molecule has 0 atom stereocenters. The van der Waals surface area contributed by atoms with Crippen molar-refractivity contribution in [3.05, 3.63) is 28.7 Å². The van der Waals surface area contributed by atoms with Crippen LogP contribution in [0.5, 0.6) is 11.5 Å². The first-order valence-corrected chi connectivity index (χ1v) is 8.44. The number of carbonyl (C=O) groups excluding carboxylic acids is 4. The molecule has 0 unspecified atom stereocenters. The summed E-state index contributed by atoms with van der Waals surface area (Å²) in [5.74, 6) is -1.14. The van der Waals surface area contributed by atoms with Crippen molar-refractivity contribution >= 4 is 40.9 Å². The van der Waals surface area contributed by atoms with Crippen molar-refractivity contribution in [3.8, 4) is 11.5 Å². The second kappa shape index (κ2) is 8.52. The average Bonchev–Trinajstić information content (AvgIpc) is 2.84. The highest BCUT2D eigenvalue weighted by Crippen LogP contribution is 2.34. The van der Waals surface area contributed by atoms with Gasteiger partial charge in [0.25, 0.3) is 11.1 Å². The van der Waals surface area contributed by atoms with Gasteiger partial charge in [-0.05, 0) is 42.5 Å². The zero-order chi connectivity index (χ0) is 19.3. The maximum Gasteiger partial charge on any atom is 0.325 e. The molecule has 0 bridgehead atoms. The Balaban J connectivity index is 2.27. The Morgan fingerprint density at radius 3 is 2.58 bits per heavy atom. The number of imide groups is 1. The molecule has 1 heterocycles. The highest BCUT2D eigenvalue weighted by Gasteiger charge is 2.36. The number of nitrogens with zero attached hydrogens (tertiary/aromatic N) is 1. The van der Waals surface area contributed by atoms with Gasteiger partial charge in [0.2, 0.25) is 0 Å². The molecular weight excluding hydrogens is 362 g/mol. The third-order valence-corrected chi connectivity index (χ3v) is 4.11. The maximum absolute atomic E-state index is 12.3. The molecule has 1 aliphatic rings. The van der Waals surface area contributed by atoms with Gasteiger partial charge in [-0.2, -0.15) is 0 Å². The van der Waals surface area contributed by atoms with E-state index in [1.807, 2.05) is 0 Å². The van der Waals surface area contributed by atoms with Crippen LogP contribution in [-0.4, -0.2) is 48.2 Å². The number of thioether (sulfide) groups is 1. The largest absolute Gasteiger partial charge is 0.490 e. The smallest absolute Gasteiger partial charge is 0.325 e. The van der Waals surface area contributed by atoms with Gasteiger partial charge < -0.3 is 14.2 Å². The van der Waals surface area contributed by atoms with Crippen LogP contribution in [0.15, 0.2) is 23.1 Å². The number of hydrogen-bond acceptors (Lipinski definition) is 8. The lowest BCUT2D eigenvalue weighted by atomic mass is 10.2. The van der Waals surface area contributed by atoms with Gasteiger partial charge in [0, 0.05) is 6.92 Å². The predicted octanol–water partition coefficient (Wildman–Crippen LogP) is 2.22. The van der Waals surface area contributed by atoms with E-state index in [0.29, 0.717) is 17.9 Å². The Bertz CT molecular complexity index is 787. The number of rotatable bonds is 6. The van der Waals surface area contributed by atoms with Gasteiger partial charge in [-0.1, -0.05) is 6.07 Å². The Kier molecular flexibility index (Phi) is 6.40. The number of hydrogen-bond donors (Lipinski definition) is 0. The molecule has 1 fully saturated rings. The van der Waals surface area contributed by atoms with E-state index in [0.717, 1.165) is 16.7 Å². The Hall–Kier alpha value is -2.81. The fourth-order valence-electron chi connectivity index (χ4n) is 2.10. The van der Waals surface area contributed by atoms with Gasteiger partial charge >= 0.3 is 11.9 Å². The van der Waals surface area contributed by atoms with E-state index in [4.69, 9.17) is 9.47 Å². The lowest BCUT2D eigenvalue weighted by molar-refractivity contribution is -0.143. The van der Waals surface area contributed by atoms with Crippen LogP contribution in [0.3, 0.4) is 0 Å². The first-order valence-electron chi connectivity index (χ1n) is 7.63. The van der Waals surface area contributed by atoms with Gasteiger partial charge in [0.15, 0.2) is 11.5 Å². The molecule has 2 rings (SSSR count). The highest BCUT2D eigenvalue weighted by atomic mass is 32.2. The van der Waals surface area contributed by atoms with Crippen molar-refractivity contribution < 1.29 is 33.4 Å².